The van der Waals surface area contributed by atoms with Gasteiger partial charge in [-0.25, -0.2) is 0 Å². The molecule has 2 rings (SSSR count). The highest BCUT2D eigenvalue weighted by Gasteiger charge is 2.13. The maximum atomic E-state index is 11.5. The van der Waals surface area contributed by atoms with E-state index in [1.54, 1.807) is 0 Å². The number of benzene rings is 1. The van der Waals surface area contributed by atoms with Gasteiger partial charge in [0.25, 0.3) is 0 Å². The lowest BCUT2D eigenvalue weighted by Crippen LogP contribution is -2.34. The molecular weight excluding hydrogens is 264 g/mol. The van der Waals surface area contributed by atoms with Gasteiger partial charge in [-0.2, -0.15) is 0 Å². The second-order valence-corrected chi connectivity index (χ2v) is 5.57. The second-order valence-electron chi connectivity index (χ2n) is 5.57. The summed E-state index contributed by atoms with van der Waals surface area (Å²) in [6, 6.07) is 8.35. The number of anilines is 1. The van der Waals surface area contributed by atoms with Crippen LogP contribution in [0.4, 0.5) is 5.69 Å². The summed E-state index contributed by atoms with van der Waals surface area (Å²) in [5.41, 5.74) is 2.49. The van der Waals surface area contributed by atoms with E-state index in [4.69, 9.17) is 4.74 Å². The normalized spacial score (nSPS) is 16.6. The first-order chi connectivity index (χ1) is 10.2. The van der Waals surface area contributed by atoms with Crippen molar-refractivity contribution in [1.82, 2.24) is 5.32 Å². The number of rotatable bonds is 6. The summed E-state index contributed by atoms with van der Waals surface area (Å²) < 4.78 is 4.98. The molecule has 0 bridgehead atoms. The van der Waals surface area contributed by atoms with Crippen LogP contribution < -0.4 is 10.2 Å². The average molecular weight is 290 g/mol. The van der Waals surface area contributed by atoms with E-state index in [2.05, 4.69) is 34.5 Å². The topological polar surface area (TPSA) is 41.6 Å². The van der Waals surface area contributed by atoms with Gasteiger partial charge in [-0.3, -0.25) is 4.79 Å². The Bertz CT molecular complexity index is 439. The molecule has 0 amide bonds. The number of nitrogens with zero attached hydrogens (tertiary/aromatic N) is 1. The van der Waals surface area contributed by atoms with Crippen molar-refractivity contribution in [3.05, 3.63) is 29.8 Å². The standard InChI is InChI=1S/C17H26N2O2/c1-3-21-17(20)14(2)18-13-15-7-9-16(10-8-15)19-11-5-4-6-12-19/h7-10,14,18H,3-6,11-13H2,1-2H3. The Kier molecular flexibility index (Phi) is 6.05. The zero-order valence-electron chi connectivity index (χ0n) is 13.1. The molecule has 1 fully saturated rings. The van der Waals surface area contributed by atoms with E-state index in [-0.39, 0.29) is 12.0 Å². The molecule has 4 nitrogen and oxygen atoms in total. The van der Waals surface area contributed by atoms with E-state index in [9.17, 15) is 4.79 Å². The Morgan fingerprint density at radius 3 is 2.52 bits per heavy atom. The molecule has 1 heterocycles. The van der Waals surface area contributed by atoms with Crippen molar-refractivity contribution in [3.8, 4) is 0 Å². The summed E-state index contributed by atoms with van der Waals surface area (Å²) >= 11 is 0. The van der Waals surface area contributed by atoms with E-state index in [1.165, 1.54) is 30.5 Å². The number of nitrogens with one attached hydrogen (secondary N) is 1. The lowest BCUT2D eigenvalue weighted by molar-refractivity contribution is -0.145. The predicted octanol–water partition coefficient (Wildman–Crippen LogP) is 2.72. The maximum absolute atomic E-state index is 11.5. The minimum atomic E-state index is -0.272. The van der Waals surface area contributed by atoms with E-state index < -0.39 is 0 Å². The van der Waals surface area contributed by atoms with Crippen LogP contribution in [-0.2, 0) is 16.1 Å². The van der Waals surface area contributed by atoms with Crippen molar-refractivity contribution in [2.24, 2.45) is 0 Å². The first kappa shape index (κ1) is 15.8. The third kappa shape index (κ3) is 4.74. The Hall–Kier alpha value is -1.55. The molecular formula is C17H26N2O2. The Balaban J connectivity index is 1.83. The Morgan fingerprint density at radius 1 is 1.24 bits per heavy atom. The van der Waals surface area contributed by atoms with Crippen molar-refractivity contribution in [2.75, 3.05) is 24.6 Å². The fourth-order valence-electron chi connectivity index (χ4n) is 2.60. The molecule has 116 valence electrons. The smallest absolute Gasteiger partial charge is 0.322 e. The summed E-state index contributed by atoms with van der Waals surface area (Å²) in [6.07, 6.45) is 3.94. The molecule has 0 spiro atoms. The number of piperidine rings is 1. The molecule has 1 atom stereocenters. The van der Waals surface area contributed by atoms with Gasteiger partial charge < -0.3 is 15.0 Å². The monoisotopic (exact) mass is 290 g/mol. The number of carbonyl (C=O) groups is 1. The van der Waals surface area contributed by atoms with E-state index in [1.807, 2.05) is 13.8 Å². The molecule has 1 unspecified atom stereocenters. The quantitative estimate of drug-likeness (QED) is 0.818. The zero-order valence-corrected chi connectivity index (χ0v) is 13.1. The molecule has 0 saturated carbocycles. The first-order valence-corrected chi connectivity index (χ1v) is 7.94. The van der Waals surface area contributed by atoms with Crippen LogP contribution in [0.3, 0.4) is 0 Å². The molecule has 0 radical (unpaired) electrons. The van der Waals surface area contributed by atoms with Crippen molar-refractivity contribution >= 4 is 11.7 Å². The third-order valence-electron chi connectivity index (χ3n) is 3.91. The van der Waals surface area contributed by atoms with Gasteiger partial charge in [-0.15, -0.1) is 0 Å². The molecule has 0 aromatic heterocycles. The average Bonchev–Trinajstić information content (AvgIpc) is 2.54. The van der Waals surface area contributed by atoms with Gasteiger partial charge in [0.05, 0.1) is 6.61 Å². The minimum absolute atomic E-state index is 0.192. The minimum Gasteiger partial charge on any atom is -0.465 e. The fraction of sp³-hybridized carbons (Fsp3) is 0.588. The number of hydrogen-bond donors (Lipinski definition) is 1. The molecule has 21 heavy (non-hydrogen) atoms. The fourth-order valence-corrected chi connectivity index (χ4v) is 2.60. The summed E-state index contributed by atoms with van der Waals surface area (Å²) in [4.78, 5) is 14.0. The zero-order chi connectivity index (χ0) is 15.1. The Labute approximate surface area is 127 Å². The summed E-state index contributed by atoms with van der Waals surface area (Å²) in [7, 11) is 0. The van der Waals surface area contributed by atoms with Crippen molar-refractivity contribution in [2.45, 2.75) is 45.7 Å². The van der Waals surface area contributed by atoms with Crippen LogP contribution in [0, 0.1) is 0 Å². The van der Waals surface area contributed by atoms with Crippen LogP contribution >= 0.6 is 0 Å². The number of hydrogen-bond acceptors (Lipinski definition) is 4. The molecule has 1 saturated heterocycles. The van der Waals surface area contributed by atoms with Gasteiger partial charge in [-0.1, -0.05) is 12.1 Å². The number of esters is 1. The largest absolute Gasteiger partial charge is 0.465 e. The summed E-state index contributed by atoms with van der Waals surface area (Å²) in [6.45, 7) is 7.09. The van der Waals surface area contributed by atoms with E-state index in [0.29, 0.717) is 13.2 Å². The van der Waals surface area contributed by atoms with Crippen LogP contribution in [-0.4, -0.2) is 31.7 Å². The van der Waals surface area contributed by atoms with E-state index >= 15 is 0 Å². The summed E-state index contributed by atoms with van der Waals surface area (Å²) in [5.74, 6) is -0.192. The Morgan fingerprint density at radius 2 is 1.90 bits per heavy atom. The maximum Gasteiger partial charge on any atom is 0.322 e. The molecule has 4 heteroatoms. The first-order valence-electron chi connectivity index (χ1n) is 7.94. The second kappa shape index (κ2) is 8.03. The molecule has 0 aliphatic carbocycles. The lowest BCUT2D eigenvalue weighted by Gasteiger charge is -2.28. The number of ether oxygens (including phenoxy) is 1. The van der Waals surface area contributed by atoms with Crippen molar-refractivity contribution < 1.29 is 9.53 Å². The molecule has 1 N–H and O–H groups in total. The number of carbonyl (C=O) groups excluding carboxylic acids is 1. The van der Waals surface area contributed by atoms with Gasteiger partial charge in [0.1, 0.15) is 6.04 Å². The molecule has 1 aliphatic rings. The highest BCUT2D eigenvalue weighted by atomic mass is 16.5. The van der Waals surface area contributed by atoms with Crippen LogP contribution in [0.2, 0.25) is 0 Å². The van der Waals surface area contributed by atoms with Gasteiger partial charge >= 0.3 is 5.97 Å². The highest BCUT2D eigenvalue weighted by molar-refractivity contribution is 5.75. The SMILES string of the molecule is CCOC(=O)C(C)NCc1ccc(N2CCCCC2)cc1. The lowest BCUT2D eigenvalue weighted by atomic mass is 10.1. The molecule has 1 aliphatic heterocycles. The van der Waals surface area contributed by atoms with Crippen molar-refractivity contribution in [3.63, 3.8) is 0 Å². The van der Waals surface area contributed by atoms with Gasteiger partial charge in [0, 0.05) is 25.3 Å². The van der Waals surface area contributed by atoms with Gasteiger partial charge in [0.15, 0.2) is 0 Å². The molecule has 1 aromatic rings. The van der Waals surface area contributed by atoms with E-state index in [0.717, 1.165) is 13.1 Å². The third-order valence-corrected chi connectivity index (χ3v) is 3.91. The highest BCUT2D eigenvalue weighted by Crippen LogP contribution is 2.20. The molecule has 1 aromatic carbocycles. The van der Waals surface area contributed by atoms with Gasteiger partial charge in [-0.05, 0) is 50.8 Å². The van der Waals surface area contributed by atoms with Crippen LogP contribution in [0.5, 0.6) is 0 Å². The summed E-state index contributed by atoms with van der Waals surface area (Å²) in [5, 5.41) is 3.19. The van der Waals surface area contributed by atoms with Crippen LogP contribution in [0.1, 0.15) is 38.7 Å². The predicted molar refractivity (Wildman–Crippen MR) is 85.4 cm³/mol. The van der Waals surface area contributed by atoms with Crippen LogP contribution in [0.25, 0.3) is 0 Å². The van der Waals surface area contributed by atoms with Gasteiger partial charge in [0.2, 0.25) is 0 Å². The van der Waals surface area contributed by atoms with Crippen molar-refractivity contribution in [1.29, 1.82) is 0 Å². The van der Waals surface area contributed by atoms with Crippen LogP contribution in [0.15, 0.2) is 24.3 Å².